The zero-order valence-corrected chi connectivity index (χ0v) is 22.0. The second-order valence-corrected chi connectivity index (χ2v) is 10.2. The third-order valence-corrected chi connectivity index (χ3v) is 7.26. The maximum atomic E-state index is 14.9. The molecule has 8 nitrogen and oxygen atoms in total. The van der Waals surface area contributed by atoms with Crippen molar-refractivity contribution < 1.29 is 23.0 Å². The molecule has 1 saturated heterocycles. The molecule has 1 fully saturated rings. The molecule has 204 valence electrons. The topological polar surface area (TPSA) is 98.5 Å². The van der Waals surface area contributed by atoms with Crippen LogP contribution in [-0.4, -0.2) is 50.9 Å². The Morgan fingerprint density at radius 3 is 2.33 bits per heavy atom. The van der Waals surface area contributed by atoms with Gasteiger partial charge >= 0.3 is 5.69 Å². The molecule has 12 heteroatoms. The Morgan fingerprint density at radius 1 is 1.08 bits per heavy atom. The minimum absolute atomic E-state index is 0.0851. The van der Waals surface area contributed by atoms with Gasteiger partial charge < -0.3 is 25.0 Å². The summed E-state index contributed by atoms with van der Waals surface area (Å²) < 4.78 is 51.9. The number of aromatic hydroxyl groups is 1. The molecule has 3 N–H and O–H groups in total. The Bertz CT molecular complexity index is 1630. The molecule has 5 rings (SSSR count). The summed E-state index contributed by atoms with van der Waals surface area (Å²) in [6.07, 6.45) is 4.51. The Kier molecular flexibility index (Phi) is 6.39. The van der Waals surface area contributed by atoms with Crippen LogP contribution in [0, 0.1) is 5.82 Å². The van der Waals surface area contributed by atoms with Crippen molar-refractivity contribution in [1.29, 1.82) is 0 Å². The molecular formula is C27H25ClF3N5O3. The van der Waals surface area contributed by atoms with Crippen LogP contribution in [0.1, 0.15) is 6.92 Å². The molecule has 0 saturated carbocycles. The average molecular weight is 560 g/mol. The molecule has 3 heterocycles. The van der Waals surface area contributed by atoms with E-state index in [2.05, 4.69) is 4.98 Å². The summed E-state index contributed by atoms with van der Waals surface area (Å²) in [5, 5.41) is 11.4. The highest BCUT2D eigenvalue weighted by Gasteiger charge is 2.55. The summed E-state index contributed by atoms with van der Waals surface area (Å²) in [7, 11) is 2.97. The normalized spacial score (nSPS) is 18.5. The first-order valence-corrected chi connectivity index (χ1v) is 12.2. The van der Waals surface area contributed by atoms with Crippen LogP contribution in [0.4, 0.5) is 18.9 Å². The van der Waals surface area contributed by atoms with E-state index in [-0.39, 0.29) is 51.3 Å². The van der Waals surface area contributed by atoms with Gasteiger partial charge in [-0.1, -0.05) is 17.7 Å². The number of nitrogens with zero attached hydrogens (tertiary/aromatic N) is 4. The molecule has 1 atom stereocenters. The number of aryl methyl sites for hydroxylation is 1. The Balaban J connectivity index is 1.58. The minimum Gasteiger partial charge on any atom is -0.507 e. The summed E-state index contributed by atoms with van der Waals surface area (Å²) in [6, 6.07) is 8.48. The highest BCUT2D eigenvalue weighted by molar-refractivity contribution is 6.32. The first-order chi connectivity index (χ1) is 18.3. The van der Waals surface area contributed by atoms with Gasteiger partial charge in [0.25, 0.3) is 5.92 Å². The van der Waals surface area contributed by atoms with Crippen LogP contribution in [-0.2, 0) is 7.05 Å². The van der Waals surface area contributed by atoms with Crippen molar-refractivity contribution in [3.8, 4) is 39.6 Å². The van der Waals surface area contributed by atoms with Gasteiger partial charge in [0, 0.05) is 48.9 Å². The monoisotopic (exact) mass is 559 g/mol. The molecule has 1 aliphatic rings. The molecule has 39 heavy (non-hydrogen) atoms. The van der Waals surface area contributed by atoms with E-state index in [0.29, 0.717) is 11.3 Å². The van der Waals surface area contributed by atoms with E-state index in [1.807, 2.05) is 0 Å². The van der Waals surface area contributed by atoms with Gasteiger partial charge in [-0.25, -0.2) is 22.9 Å². The number of methoxy groups -OCH3 is 1. The summed E-state index contributed by atoms with van der Waals surface area (Å²) in [5.41, 5.74) is 5.31. The maximum Gasteiger partial charge on any atom is 0.332 e. The number of phenols is 1. The number of halogens is 4. The van der Waals surface area contributed by atoms with Gasteiger partial charge in [0.2, 0.25) is 5.88 Å². The predicted molar refractivity (Wildman–Crippen MR) is 143 cm³/mol. The number of rotatable bonds is 5. The van der Waals surface area contributed by atoms with Crippen LogP contribution in [0.5, 0.6) is 11.6 Å². The minimum atomic E-state index is -3.17. The molecule has 0 aliphatic carbocycles. The lowest BCUT2D eigenvalue weighted by atomic mass is 9.97. The van der Waals surface area contributed by atoms with E-state index in [0.717, 1.165) is 12.1 Å². The standard InChI is InChI=1S/C27H25ClF3N5O3/c1-26(32)13-35(14-27(26,30)31)22-9-16(12-33-24(22)39-3)19-11-17(29)10-18(23(19)37)15-4-5-21(20(28)8-15)36-7-6-34(2)25(36)38/h4-12,37H,13-14,32H2,1-3H3. The second-order valence-electron chi connectivity index (χ2n) is 9.81. The number of benzene rings is 2. The number of hydrogen-bond acceptors (Lipinski definition) is 6. The van der Waals surface area contributed by atoms with Crippen molar-refractivity contribution in [2.24, 2.45) is 12.8 Å². The Hall–Kier alpha value is -3.96. The van der Waals surface area contributed by atoms with Gasteiger partial charge in [0.05, 0.1) is 29.9 Å². The van der Waals surface area contributed by atoms with Crippen molar-refractivity contribution in [3.63, 3.8) is 0 Å². The first-order valence-electron chi connectivity index (χ1n) is 11.9. The van der Waals surface area contributed by atoms with E-state index in [4.69, 9.17) is 22.1 Å². The predicted octanol–water partition coefficient (Wildman–Crippen LogP) is 4.58. The fourth-order valence-corrected chi connectivity index (χ4v) is 4.96. The van der Waals surface area contributed by atoms with E-state index < -0.39 is 23.8 Å². The third kappa shape index (κ3) is 4.51. The second kappa shape index (κ2) is 9.35. The third-order valence-electron chi connectivity index (χ3n) is 6.96. The Labute approximate surface area is 226 Å². The lowest BCUT2D eigenvalue weighted by Crippen LogP contribution is -2.52. The summed E-state index contributed by atoms with van der Waals surface area (Å²) >= 11 is 6.47. The molecule has 1 aliphatic heterocycles. The quantitative estimate of drug-likeness (QED) is 0.371. The molecule has 2 aromatic carbocycles. The number of alkyl halides is 2. The van der Waals surface area contributed by atoms with Crippen LogP contribution in [0.3, 0.4) is 0 Å². The van der Waals surface area contributed by atoms with E-state index in [9.17, 15) is 23.1 Å². The SMILES string of the molecule is COc1ncc(-c2cc(F)cc(-c3ccc(-n4ccn(C)c4=O)c(Cl)c3)c2O)cc1N1CC(C)(N)C(F)(F)C1. The summed E-state index contributed by atoms with van der Waals surface area (Å²) in [4.78, 5) is 17.9. The highest BCUT2D eigenvalue weighted by atomic mass is 35.5. The number of aromatic nitrogens is 3. The largest absolute Gasteiger partial charge is 0.507 e. The van der Waals surface area contributed by atoms with Crippen LogP contribution >= 0.6 is 11.6 Å². The number of ether oxygens (including phenoxy) is 1. The molecule has 0 radical (unpaired) electrons. The molecule has 0 bridgehead atoms. The molecule has 1 unspecified atom stereocenters. The smallest absolute Gasteiger partial charge is 0.332 e. The zero-order valence-electron chi connectivity index (χ0n) is 21.3. The van der Waals surface area contributed by atoms with Crippen LogP contribution in [0.15, 0.2) is 59.8 Å². The van der Waals surface area contributed by atoms with Crippen molar-refractivity contribution in [2.45, 2.75) is 18.4 Å². The van der Waals surface area contributed by atoms with Gasteiger partial charge in [-0.15, -0.1) is 0 Å². The fourth-order valence-electron chi connectivity index (χ4n) is 4.69. The Morgan fingerprint density at radius 2 is 1.77 bits per heavy atom. The number of anilines is 1. The van der Waals surface area contributed by atoms with Crippen molar-refractivity contribution in [1.82, 2.24) is 14.1 Å². The van der Waals surface area contributed by atoms with Crippen LogP contribution in [0.2, 0.25) is 5.02 Å². The van der Waals surface area contributed by atoms with Gasteiger partial charge in [-0.2, -0.15) is 0 Å². The van der Waals surface area contributed by atoms with Gasteiger partial charge in [-0.05, 0) is 42.8 Å². The van der Waals surface area contributed by atoms with E-state index in [1.165, 1.54) is 46.4 Å². The number of pyridine rings is 1. The maximum absolute atomic E-state index is 14.9. The summed E-state index contributed by atoms with van der Waals surface area (Å²) in [6.45, 7) is 0.445. The lowest BCUT2D eigenvalue weighted by molar-refractivity contribution is -0.0294. The number of nitrogens with two attached hydrogens (primary N) is 1. The molecule has 0 spiro atoms. The van der Waals surface area contributed by atoms with Crippen molar-refractivity contribution in [3.05, 3.63) is 76.3 Å². The van der Waals surface area contributed by atoms with Crippen LogP contribution in [0.25, 0.3) is 27.9 Å². The molecular weight excluding hydrogens is 535 g/mol. The number of phenolic OH excluding ortho intramolecular Hbond substituents is 1. The van der Waals surface area contributed by atoms with Crippen LogP contribution < -0.4 is 21.1 Å². The van der Waals surface area contributed by atoms with Crippen molar-refractivity contribution >= 4 is 17.3 Å². The molecule has 2 aromatic heterocycles. The lowest BCUT2D eigenvalue weighted by Gasteiger charge is -2.24. The first kappa shape index (κ1) is 26.6. The van der Waals surface area contributed by atoms with E-state index in [1.54, 1.807) is 31.6 Å². The molecule has 4 aromatic rings. The number of imidazole rings is 1. The highest BCUT2D eigenvalue weighted by Crippen LogP contribution is 2.44. The zero-order chi connectivity index (χ0) is 28.3. The van der Waals surface area contributed by atoms with Gasteiger partial charge in [0.1, 0.15) is 17.3 Å². The van der Waals surface area contributed by atoms with Gasteiger partial charge in [-0.3, -0.25) is 4.57 Å². The van der Waals surface area contributed by atoms with E-state index >= 15 is 0 Å². The average Bonchev–Trinajstić information content (AvgIpc) is 3.32. The van der Waals surface area contributed by atoms with Crippen molar-refractivity contribution in [2.75, 3.05) is 25.1 Å². The molecule has 0 amide bonds. The summed E-state index contributed by atoms with van der Waals surface area (Å²) in [5.74, 6) is -4.01. The number of hydrogen-bond donors (Lipinski definition) is 2. The van der Waals surface area contributed by atoms with Gasteiger partial charge in [0.15, 0.2) is 0 Å². The fraction of sp³-hybridized carbons (Fsp3) is 0.259.